The summed E-state index contributed by atoms with van der Waals surface area (Å²) in [6, 6.07) is 0. The van der Waals surface area contributed by atoms with E-state index in [9.17, 15) is 40.2 Å². The van der Waals surface area contributed by atoms with Crippen LogP contribution in [-0.4, -0.2) is 110 Å². The SMILES string of the molecule is CCOC(=O)[C@]12CCC(O[C@H]3O[C@@H](C)[C@@H](O)[C@@H](O)[C@H]3O)CC1(O)C(O)C[C@@H]1[C@@H]2CC[C@]2(C)[C@@H](C3=CC(=O)OC3)CC[C@]12O. The van der Waals surface area contributed by atoms with Gasteiger partial charge in [0.25, 0.3) is 0 Å². The molecule has 6 aliphatic rings. The number of cyclic esters (lactones) is 1. The van der Waals surface area contributed by atoms with Crippen molar-refractivity contribution in [3.63, 3.8) is 0 Å². The highest BCUT2D eigenvalue weighted by atomic mass is 16.7. The van der Waals surface area contributed by atoms with Crippen molar-refractivity contribution in [1.29, 1.82) is 0 Å². The number of rotatable bonds is 5. The maximum Gasteiger partial charge on any atom is 0.331 e. The average molecular weight is 611 g/mol. The molecule has 5 fully saturated rings. The molecule has 6 rings (SSSR count). The highest BCUT2D eigenvalue weighted by molar-refractivity contribution is 5.85. The van der Waals surface area contributed by atoms with Crippen molar-refractivity contribution in [2.75, 3.05) is 13.2 Å². The first-order valence-electron chi connectivity index (χ1n) is 15.8. The molecule has 2 aliphatic heterocycles. The summed E-state index contributed by atoms with van der Waals surface area (Å²) in [4.78, 5) is 25.9. The van der Waals surface area contributed by atoms with Crippen molar-refractivity contribution in [3.8, 4) is 0 Å². The van der Waals surface area contributed by atoms with Crippen LogP contribution in [0.5, 0.6) is 0 Å². The lowest BCUT2D eigenvalue weighted by Gasteiger charge is -2.66. The molecule has 43 heavy (non-hydrogen) atoms. The fraction of sp³-hybridized carbons (Fsp3) is 0.871. The third kappa shape index (κ3) is 4.31. The van der Waals surface area contributed by atoms with Crippen LogP contribution in [0.25, 0.3) is 0 Å². The van der Waals surface area contributed by atoms with E-state index in [4.69, 9.17) is 18.9 Å². The highest BCUT2D eigenvalue weighted by Crippen LogP contribution is 2.71. The second-order valence-corrected chi connectivity index (χ2v) is 14.1. The predicted octanol–water partition coefficient (Wildman–Crippen LogP) is 0.0850. The number of hydrogen-bond acceptors (Lipinski definition) is 12. The number of carbonyl (C=O) groups excluding carboxylic acids is 2. The van der Waals surface area contributed by atoms with Gasteiger partial charge in [0.2, 0.25) is 0 Å². The van der Waals surface area contributed by atoms with Crippen molar-refractivity contribution in [1.82, 2.24) is 0 Å². The summed E-state index contributed by atoms with van der Waals surface area (Å²) in [7, 11) is 0. The molecule has 14 atom stereocenters. The topological polar surface area (TPSA) is 192 Å². The molecule has 242 valence electrons. The Balaban J connectivity index is 1.31. The van der Waals surface area contributed by atoms with Gasteiger partial charge < -0.3 is 49.6 Å². The molecule has 4 aliphatic carbocycles. The van der Waals surface area contributed by atoms with Crippen LogP contribution in [0.3, 0.4) is 0 Å². The van der Waals surface area contributed by atoms with Crippen molar-refractivity contribution in [3.05, 3.63) is 11.6 Å². The van der Waals surface area contributed by atoms with Crippen LogP contribution in [0.2, 0.25) is 0 Å². The summed E-state index contributed by atoms with van der Waals surface area (Å²) < 4.78 is 22.5. The van der Waals surface area contributed by atoms with Gasteiger partial charge in [-0.15, -0.1) is 0 Å². The molecular formula is C31H46O12. The average Bonchev–Trinajstić information content (AvgIpc) is 3.51. The zero-order valence-electron chi connectivity index (χ0n) is 25.1. The van der Waals surface area contributed by atoms with Gasteiger partial charge in [0, 0.05) is 17.9 Å². The van der Waals surface area contributed by atoms with Gasteiger partial charge in [-0.3, -0.25) is 4.79 Å². The lowest BCUT2D eigenvalue weighted by Crippen LogP contribution is -2.75. The van der Waals surface area contributed by atoms with Crippen molar-refractivity contribution in [2.45, 2.75) is 126 Å². The van der Waals surface area contributed by atoms with Crippen LogP contribution < -0.4 is 0 Å². The Hall–Kier alpha value is -1.64. The van der Waals surface area contributed by atoms with Crippen LogP contribution >= 0.6 is 0 Å². The lowest BCUT2D eigenvalue weighted by atomic mass is 9.40. The van der Waals surface area contributed by atoms with Crippen LogP contribution in [0, 0.1) is 28.6 Å². The Morgan fingerprint density at radius 2 is 1.74 bits per heavy atom. The third-order valence-electron chi connectivity index (χ3n) is 12.4. The van der Waals surface area contributed by atoms with Crippen LogP contribution in [0.1, 0.15) is 72.1 Å². The molecule has 12 nitrogen and oxygen atoms in total. The number of esters is 2. The zero-order chi connectivity index (χ0) is 31.1. The zero-order valence-corrected chi connectivity index (χ0v) is 25.1. The third-order valence-corrected chi connectivity index (χ3v) is 12.4. The summed E-state index contributed by atoms with van der Waals surface area (Å²) >= 11 is 0. The van der Waals surface area contributed by atoms with E-state index < -0.39 is 82.8 Å². The summed E-state index contributed by atoms with van der Waals surface area (Å²) in [5.41, 5.74) is -4.47. The molecular weight excluding hydrogens is 564 g/mol. The number of ether oxygens (including phenoxy) is 4. The Bertz CT molecular complexity index is 1160. The second kappa shape index (κ2) is 10.7. The van der Waals surface area contributed by atoms with Gasteiger partial charge in [0.1, 0.15) is 35.9 Å². The summed E-state index contributed by atoms with van der Waals surface area (Å²) in [5, 5.41) is 67.6. The monoisotopic (exact) mass is 610 g/mol. The summed E-state index contributed by atoms with van der Waals surface area (Å²) in [5.74, 6) is -2.06. The number of fused-ring (bicyclic) bond motifs is 5. The Kier molecular flexibility index (Phi) is 7.82. The minimum Gasteiger partial charge on any atom is -0.465 e. The molecule has 0 amide bonds. The predicted molar refractivity (Wildman–Crippen MR) is 147 cm³/mol. The molecule has 1 saturated heterocycles. The van der Waals surface area contributed by atoms with E-state index >= 15 is 0 Å². The normalized spacial score (nSPS) is 52.9. The quantitative estimate of drug-likeness (QED) is 0.182. The van der Waals surface area contributed by atoms with Gasteiger partial charge in [-0.05, 0) is 82.1 Å². The lowest BCUT2D eigenvalue weighted by molar-refractivity contribution is -0.327. The maximum atomic E-state index is 14.0. The minimum atomic E-state index is -1.96. The van der Waals surface area contributed by atoms with E-state index in [1.165, 1.54) is 6.08 Å². The molecule has 0 spiro atoms. The molecule has 12 heteroatoms. The first-order valence-corrected chi connectivity index (χ1v) is 15.8. The van der Waals surface area contributed by atoms with Crippen LogP contribution in [0.15, 0.2) is 11.6 Å². The van der Waals surface area contributed by atoms with E-state index in [-0.39, 0.29) is 50.8 Å². The van der Waals surface area contributed by atoms with Crippen LogP contribution in [-0.2, 0) is 28.5 Å². The van der Waals surface area contributed by atoms with Gasteiger partial charge in [-0.2, -0.15) is 0 Å². The van der Waals surface area contributed by atoms with Gasteiger partial charge in [0.15, 0.2) is 6.29 Å². The largest absolute Gasteiger partial charge is 0.465 e. The van der Waals surface area contributed by atoms with E-state index in [1.54, 1.807) is 13.8 Å². The van der Waals surface area contributed by atoms with Crippen molar-refractivity contribution < 1.29 is 59.2 Å². The van der Waals surface area contributed by atoms with Crippen molar-refractivity contribution >= 4 is 11.9 Å². The highest BCUT2D eigenvalue weighted by Gasteiger charge is 2.76. The Labute approximate surface area is 251 Å². The van der Waals surface area contributed by atoms with Gasteiger partial charge in [0.05, 0.1) is 30.5 Å². The molecule has 4 saturated carbocycles. The summed E-state index contributed by atoms with van der Waals surface area (Å²) in [6.07, 6.45) is -4.61. The molecule has 0 aromatic carbocycles. The number of aliphatic hydroxyl groups excluding tert-OH is 4. The maximum absolute atomic E-state index is 14.0. The molecule has 2 heterocycles. The van der Waals surface area contributed by atoms with E-state index in [2.05, 4.69) is 0 Å². The number of hydrogen-bond donors (Lipinski definition) is 6. The molecule has 0 radical (unpaired) electrons. The van der Waals surface area contributed by atoms with Gasteiger partial charge in [-0.1, -0.05) is 6.92 Å². The van der Waals surface area contributed by atoms with E-state index in [0.29, 0.717) is 25.7 Å². The smallest absolute Gasteiger partial charge is 0.331 e. The fourth-order valence-corrected chi connectivity index (χ4v) is 10.1. The van der Waals surface area contributed by atoms with Gasteiger partial charge in [-0.25, -0.2) is 4.79 Å². The Morgan fingerprint density at radius 3 is 2.42 bits per heavy atom. The summed E-state index contributed by atoms with van der Waals surface area (Å²) in [6.45, 7) is 5.55. The molecule has 6 N–H and O–H groups in total. The molecule has 0 aromatic heterocycles. The Morgan fingerprint density at radius 1 is 1.00 bits per heavy atom. The van der Waals surface area contributed by atoms with Gasteiger partial charge >= 0.3 is 11.9 Å². The molecule has 0 aromatic rings. The molecule has 0 bridgehead atoms. The number of aliphatic hydroxyl groups is 6. The first kappa shape index (κ1) is 31.3. The van der Waals surface area contributed by atoms with Crippen molar-refractivity contribution in [2.24, 2.45) is 28.6 Å². The van der Waals surface area contributed by atoms with E-state index in [0.717, 1.165) is 5.57 Å². The molecule has 3 unspecified atom stereocenters. The van der Waals surface area contributed by atoms with Crippen LogP contribution in [0.4, 0.5) is 0 Å². The van der Waals surface area contributed by atoms with E-state index in [1.807, 2.05) is 6.92 Å². The standard InChI is InChI=1S/C31H46O12/c1-4-40-27(37)29-9-5-17(43-26-25(36)24(35)23(34)15(2)42-26)13-31(29,39)21(32)12-20-19(29)6-8-28(3)18(7-10-30(20,28)38)16-11-22(33)41-14-16/h11,15,17-21,23-26,32,34-36,38-39H,4-10,12-14H2,1-3H3/t15-,17?,18+,19-,20+,21?,23+,24+,25+,26+,28+,29+,30-,31?/m0/s1. The first-order chi connectivity index (χ1) is 20.2. The number of carbonyl (C=O) groups is 2. The second-order valence-electron chi connectivity index (χ2n) is 14.1. The minimum absolute atomic E-state index is 0.0623. The fourth-order valence-electron chi connectivity index (χ4n) is 10.1.